The highest BCUT2D eigenvalue weighted by atomic mass is 19.1. The molecule has 1 aliphatic rings. The van der Waals surface area contributed by atoms with E-state index in [1.165, 1.54) is 10.8 Å². The van der Waals surface area contributed by atoms with Crippen LogP contribution in [0.1, 0.15) is 24.5 Å². The second kappa shape index (κ2) is 4.46. The van der Waals surface area contributed by atoms with E-state index in [-0.39, 0.29) is 6.10 Å². The molecule has 3 rings (SSSR count). The minimum atomic E-state index is -0.729. The Morgan fingerprint density at radius 1 is 1.06 bits per heavy atom. The van der Waals surface area contributed by atoms with Crippen molar-refractivity contribution >= 4 is 10.8 Å². The monoisotopic (exact) mass is 230 g/mol. The van der Waals surface area contributed by atoms with Crippen molar-refractivity contribution in [3.63, 3.8) is 0 Å². The lowest BCUT2D eigenvalue weighted by Gasteiger charge is -2.26. The molecular weight excluding hydrogens is 215 g/mol. The van der Waals surface area contributed by atoms with Gasteiger partial charge in [-0.3, -0.25) is 0 Å². The summed E-state index contributed by atoms with van der Waals surface area (Å²) in [6, 6.07) is 14.3. The molecule has 17 heavy (non-hydrogen) atoms. The van der Waals surface area contributed by atoms with Gasteiger partial charge in [0.2, 0.25) is 0 Å². The lowest BCUT2D eigenvalue weighted by atomic mass is 9.95. The molecule has 0 aromatic heterocycles. The summed E-state index contributed by atoms with van der Waals surface area (Å²) in [5, 5.41) is 2.36. The van der Waals surface area contributed by atoms with Gasteiger partial charge in [-0.05, 0) is 16.3 Å². The van der Waals surface area contributed by atoms with Gasteiger partial charge in [-0.2, -0.15) is 0 Å². The molecule has 0 bridgehead atoms. The molecule has 2 aromatic rings. The molecular formula is C15H15FO. The minimum Gasteiger partial charge on any atom is -0.373 e. The summed E-state index contributed by atoms with van der Waals surface area (Å²) in [7, 11) is 0. The number of hydrogen-bond acceptors (Lipinski definition) is 1. The van der Waals surface area contributed by atoms with E-state index in [0.717, 1.165) is 5.56 Å². The first-order valence-electron chi connectivity index (χ1n) is 6.08. The summed E-state index contributed by atoms with van der Waals surface area (Å²) in [6.45, 7) is 0.523. The molecule has 2 heteroatoms. The summed E-state index contributed by atoms with van der Waals surface area (Å²) >= 11 is 0. The average molecular weight is 230 g/mol. The standard InChI is InChI=1S/C15H15FO/c16-12-8-9-17-15(10-12)14-7-3-5-11-4-1-2-6-13(11)14/h1-7,12,15H,8-10H2/t12-,15+/m0/s1. The van der Waals surface area contributed by atoms with E-state index in [0.29, 0.717) is 19.4 Å². The molecule has 0 N–H and O–H groups in total. The van der Waals surface area contributed by atoms with Gasteiger partial charge in [-0.1, -0.05) is 42.5 Å². The first kappa shape index (κ1) is 10.7. The van der Waals surface area contributed by atoms with Crippen molar-refractivity contribution in [2.24, 2.45) is 0 Å². The third-order valence-corrected chi connectivity index (χ3v) is 3.39. The van der Waals surface area contributed by atoms with Crippen LogP contribution in [-0.4, -0.2) is 12.8 Å². The van der Waals surface area contributed by atoms with E-state index in [1.54, 1.807) is 0 Å². The van der Waals surface area contributed by atoms with E-state index in [4.69, 9.17) is 4.74 Å². The summed E-state index contributed by atoms with van der Waals surface area (Å²) in [6.07, 6.45) is 0.188. The van der Waals surface area contributed by atoms with Crippen LogP contribution in [-0.2, 0) is 4.74 Å². The summed E-state index contributed by atoms with van der Waals surface area (Å²) in [5.41, 5.74) is 1.12. The van der Waals surface area contributed by atoms with Crippen molar-refractivity contribution in [1.29, 1.82) is 0 Å². The van der Waals surface area contributed by atoms with E-state index in [2.05, 4.69) is 18.2 Å². The maximum absolute atomic E-state index is 13.4. The van der Waals surface area contributed by atoms with Crippen LogP contribution in [0.4, 0.5) is 4.39 Å². The van der Waals surface area contributed by atoms with Gasteiger partial charge in [0.1, 0.15) is 6.17 Å². The first-order chi connectivity index (χ1) is 8.34. The molecule has 0 saturated carbocycles. The third-order valence-electron chi connectivity index (χ3n) is 3.39. The number of alkyl halides is 1. The van der Waals surface area contributed by atoms with Crippen LogP contribution in [0.5, 0.6) is 0 Å². The van der Waals surface area contributed by atoms with Gasteiger partial charge in [0, 0.05) is 12.8 Å². The Bertz CT molecular complexity index is 518. The van der Waals surface area contributed by atoms with Gasteiger partial charge in [-0.15, -0.1) is 0 Å². The van der Waals surface area contributed by atoms with Crippen LogP contribution in [0, 0.1) is 0 Å². The fourth-order valence-electron chi connectivity index (χ4n) is 2.50. The molecule has 1 fully saturated rings. The Kier molecular flexibility index (Phi) is 2.81. The quantitative estimate of drug-likeness (QED) is 0.718. The van der Waals surface area contributed by atoms with Gasteiger partial charge >= 0.3 is 0 Å². The molecule has 2 atom stereocenters. The van der Waals surface area contributed by atoms with E-state index in [1.807, 2.05) is 24.3 Å². The van der Waals surface area contributed by atoms with Crippen molar-refractivity contribution in [1.82, 2.24) is 0 Å². The van der Waals surface area contributed by atoms with Crippen LogP contribution < -0.4 is 0 Å². The summed E-state index contributed by atoms with van der Waals surface area (Å²) in [5.74, 6) is 0. The number of benzene rings is 2. The molecule has 0 radical (unpaired) electrons. The molecule has 1 saturated heterocycles. The maximum Gasteiger partial charge on any atom is 0.105 e. The maximum atomic E-state index is 13.4. The number of rotatable bonds is 1. The van der Waals surface area contributed by atoms with Crippen molar-refractivity contribution < 1.29 is 9.13 Å². The molecule has 0 spiro atoms. The molecule has 0 unspecified atom stereocenters. The molecule has 1 heterocycles. The van der Waals surface area contributed by atoms with Crippen molar-refractivity contribution in [2.75, 3.05) is 6.61 Å². The Labute approximate surface area is 100 Å². The van der Waals surface area contributed by atoms with Crippen LogP contribution in [0.2, 0.25) is 0 Å². The van der Waals surface area contributed by atoms with Crippen LogP contribution >= 0.6 is 0 Å². The molecule has 1 aliphatic heterocycles. The lowest BCUT2D eigenvalue weighted by molar-refractivity contribution is -0.0185. The zero-order valence-electron chi connectivity index (χ0n) is 9.60. The molecule has 1 nitrogen and oxygen atoms in total. The van der Waals surface area contributed by atoms with E-state index < -0.39 is 6.17 Å². The van der Waals surface area contributed by atoms with E-state index >= 15 is 0 Å². The smallest absolute Gasteiger partial charge is 0.105 e. The number of halogens is 1. The fraction of sp³-hybridized carbons (Fsp3) is 0.333. The van der Waals surface area contributed by atoms with Gasteiger partial charge in [-0.25, -0.2) is 4.39 Å². The second-order valence-corrected chi connectivity index (χ2v) is 4.55. The predicted octanol–water partition coefficient (Wildman–Crippen LogP) is 4.03. The average Bonchev–Trinajstić information content (AvgIpc) is 2.38. The Hall–Kier alpha value is -1.41. The first-order valence-corrected chi connectivity index (χ1v) is 6.08. The summed E-state index contributed by atoms with van der Waals surface area (Å²) in [4.78, 5) is 0. The van der Waals surface area contributed by atoms with Crippen LogP contribution in [0.3, 0.4) is 0 Å². The summed E-state index contributed by atoms with van der Waals surface area (Å²) < 4.78 is 19.1. The van der Waals surface area contributed by atoms with Gasteiger partial charge in [0.25, 0.3) is 0 Å². The molecule has 0 aliphatic carbocycles. The second-order valence-electron chi connectivity index (χ2n) is 4.55. The zero-order chi connectivity index (χ0) is 11.7. The third kappa shape index (κ3) is 2.05. The van der Waals surface area contributed by atoms with Gasteiger partial charge in [0.15, 0.2) is 0 Å². The Morgan fingerprint density at radius 2 is 1.88 bits per heavy atom. The van der Waals surface area contributed by atoms with Crippen LogP contribution in [0.25, 0.3) is 10.8 Å². The van der Waals surface area contributed by atoms with Crippen molar-refractivity contribution in [2.45, 2.75) is 25.1 Å². The highest BCUT2D eigenvalue weighted by Crippen LogP contribution is 2.33. The lowest BCUT2D eigenvalue weighted by Crippen LogP contribution is -2.20. The Balaban J connectivity index is 2.04. The topological polar surface area (TPSA) is 9.23 Å². The van der Waals surface area contributed by atoms with Gasteiger partial charge < -0.3 is 4.74 Å². The highest BCUT2D eigenvalue weighted by molar-refractivity contribution is 5.86. The Morgan fingerprint density at radius 3 is 2.76 bits per heavy atom. The zero-order valence-corrected chi connectivity index (χ0v) is 9.60. The number of hydrogen-bond donors (Lipinski definition) is 0. The molecule has 88 valence electrons. The fourth-order valence-corrected chi connectivity index (χ4v) is 2.50. The SMILES string of the molecule is F[C@H]1CCO[C@@H](c2cccc3ccccc23)C1. The van der Waals surface area contributed by atoms with Crippen LogP contribution in [0.15, 0.2) is 42.5 Å². The highest BCUT2D eigenvalue weighted by Gasteiger charge is 2.24. The molecule has 0 amide bonds. The largest absolute Gasteiger partial charge is 0.373 e. The number of ether oxygens (including phenoxy) is 1. The molecule has 2 aromatic carbocycles. The van der Waals surface area contributed by atoms with Crippen molar-refractivity contribution in [3.8, 4) is 0 Å². The number of fused-ring (bicyclic) bond motifs is 1. The van der Waals surface area contributed by atoms with Crippen molar-refractivity contribution in [3.05, 3.63) is 48.0 Å². The predicted molar refractivity (Wildman–Crippen MR) is 66.8 cm³/mol. The minimum absolute atomic E-state index is 0.0927. The normalized spacial score (nSPS) is 25.0. The van der Waals surface area contributed by atoms with Gasteiger partial charge in [0.05, 0.1) is 12.7 Å². The van der Waals surface area contributed by atoms with E-state index in [9.17, 15) is 4.39 Å².